The van der Waals surface area contributed by atoms with Crippen molar-refractivity contribution in [3.8, 4) is 0 Å². The van der Waals surface area contributed by atoms with Crippen molar-refractivity contribution in [1.82, 2.24) is 0 Å². The first-order valence-corrected chi connectivity index (χ1v) is 14.1. The Bertz CT molecular complexity index is 1310. The SMILES string of the molecule is CC(=O)C(N)CNc1cccc2c(S(=O)(=O)O)cccc12.O=C(O)c1cc(I)c(NI)c(I)c1. The zero-order valence-corrected chi connectivity index (χ0v) is 24.8. The normalized spacial score (nSPS) is 11.8. The van der Waals surface area contributed by atoms with E-state index >= 15 is 0 Å². The Morgan fingerprint density at radius 3 is 2.12 bits per heavy atom. The molecule has 0 bridgehead atoms. The predicted octanol–water partition coefficient (Wildman–Crippen LogP) is 4.77. The molecule has 0 radical (unpaired) electrons. The number of carboxylic acids is 1. The lowest BCUT2D eigenvalue weighted by Crippen LogP contribution is -2.35. The van der Waals surface area contributed by atoms with E-state index in [0.29, 0.717) is 22.0 Å². The highest BCUT2D eigenvalue weighted by Gasteiger charge is 2.15. The third-order valence-corrected chi connectivity index (χ3v) is 7.73. The number of rotatable bonds is 7. The van der Waals surface area contributed by atoms with Crippen molar-refractivity contribution in [3.63, 3.8) is 0 Å². The van der Waals surface area contributed by atoms with E-state index in [0.717, 1.165) is 12.8 Å². The number of aromatic carboxylic acids is 1. The fourth-order valence-electron chi connectivity index (χ4n) is 2.81. The number of fused-ring (bicyclic) bond motifs is 1. The number of nitrogens with two attached hydrogens (primary N) is 1. The average molecular weight is 823 g/mol. The zero-order valence-electron chi connectivity index (χ0n) is 17.6. The smallest absolute Gasteiger partial charge is 0.335 e. The van der Waals surface area contributed by atoms with Crippen molar-refractivity contribution >= 4 is 112 Å². The summed E-state index contributed by atoms with van der Waals surface area (Å²) in [5.41, 5.74) is 7.60. The zero-order chi connectivity index (χ0) is 25.6. The van der Waals surface area contributed by atoms with E-state index in [4.69, 9.17) is 10.8 Å². The number of hydrogen-bond donors (Lipinski definition) is 5. The number of benzene rings is 3. The molecule has 3 aromatic carbocycles. The lowest BCUT2D eigenvalue weighted by molar-refractivity contribution is -0.117. The summed E-state index contributed by atoms with van der Waals surface area (Å²) in [7, 11) is -4.30. The van der Waals surface area contributed by atoms with E-state index in [1.807, 2.05) is 22.9 Å². The lowest BCUT2D eigenvalue weighted by atomic mass is 10.1. The van der Waals surface area contributed by atoms with Gasteiger partial charge < -0.3 is 19.7 Å². The fourth-order valence-corrected chi connectivity index (χ4v) is 7.17. The van der Waals surface area contributed by atoms with Crippen LogP contribution in [0.1, 0.15) is 17.3 Å². The van der Waals surface area contributed by atoms with Gasteiger partial charge in [0.15, 0.2) is 0 Å². The number of halogens is 3. The molecule has 0 aliphatic carbocycles. The van der Waals surface area contributed by atoms with Crippen LogP contribution in [0, 0.1) is 7.14 Å². The van der Waals surface area contributed by atoms with E-state index < -0.39 is 22.1 Å². The highest BCUT2D eigenvalue weighted by molar-refractivity contribution is 14.1. The quantitative estimate of drug-likeness (QED) is 0.129. The minimum atomic E-state index is -4.30. The molecule has 6 N–H and O–H groups in total. The van der Waals surface area contributed by atoms with Gasteiger partial charge in [0, 0.05) is 30.1 Å². The summed E-state index contributed by atoms with van der Waals surface area (Å²) in [6.45, 7) is 1.65. The first-order chi connectivity index (χ1) is 15.9. The summed E-state index contributed by atoms with van der Waals surface area (Å²) >= 11 is 6.25. The molecule has 0 aromatic heterocycles. The molecule has 0 saturated carbocycles. The molecule has 1 atom stereocenters. The molecule has 3 rings (SSSR count). The predicted molar refractivity (Wildman–Crippen MR) is 157 cm³/mol. The average Bonchev–Trinajstić information content (AvgIpc) is 2.76. The Morgan fingerprint density at radius 2 is 1.62 bits per heavy atom. The van der Waals surface area contributed by atoms with Gasteiger partial charge in [-0.15, -0.1) is 0 Å². The van der Waals surface area contributed by atoms with Crippen LogP contribution in [0.5, 0.6) is 0 Å². The molecular weight excluding hydrogens is 803 g/mol. The van der Waals surface area contributed by atoms with Crippen LogP contribution in [0.25, 0.3) is 10.8 Å². The Balaban J connectivity index is 0.000000270. The topological polar surface area (TPSA) is 159 Å². The van der Waals surface area contributed by atoms with Crippen LogP contribution in [0.4, 0.5) is 11.4 Å². The second-order valence-corrected chi connectivity index (χ2v) is 11.2. The number of ketones is 1. The summed E-state index contributed by atoms with van der Waals surface area (Å²) in [6, 6.07) is 12.3. The first kappa shape index (κ1) is 29.0. The van der Waals surface area contributed by atoms with E-state index in [9.17, 15) is 22.6 Å². The molecule has 1 unspecified atom stereocenters. The molecule has 3 aromatic rings. The fraction of sp³-hybridized carbons (Fsp3) is 0.143. The lowest BCUT2D eigenvalue weighted by Gasteiger charge is -2.13. The maximum Gasteiger partial charge on any atom is 0.335 e. The Morgan fingerprint density at radius 1 is 1.06 bits per heavy atom. The molecule has 182 valence electrons. The minimum absolute atomic E-state index is 0.138. The summed E-state index contributed by atoms with van der Waals surface area (Å²) in [5.74, 6) is -1.03. The molecule has 0 aliphatic rings. The van der Waals surface area contributed by atoms with Gasteiger partial charge in [0.05, 0.1) is 40.2 Å². The van der Waals surface area contributed by atoms with Crippen molar-refractivity contribution in [3.05, 3.63) is 61.2 Å². The monoisotopic (exact) mass is 823 g/mol. The summed E-state index contributed by atoms with van der Waals surface area (Å²) in [5, 5.41) is 12.8. The van der Waals surface area contributed by atoms with Crippen LogP contribution in [-0.2, 0) is 14.9 Å². The van der Waals surface area contributed by atoms with Crippen molar-refractivity contribution < 1.29 is 27.7 Å². The van der Waals surface area contributed by atoms with Crippen LogP contribution in [0.15, 0.2) is 53.4 Å². The number of Topliss-reactive ketones (excluding diaryl/α,β-unsaturated/α-hetero) is 1. The van der Waals surface area contributed by atoms with Gasteiger partial charge in [-0.05, 0) is 76.4 Å². The van der Waals surface area contributed by atoms with Crippen molar-refractivity contribution in [1.29, 1.82) is 0 Å². The number of carbonyl (C=O) groups excluding carboxylic acids is 1. The minimum Gasteiger partial charge on any atom is -0.478 e. The Hall–Kier alpha value is -1.28. The van der Waals surface area contributed by atoms with Crippen LogP contribution < -0.4 is 14.6 Å². The van der Waals surface area contributed by atoms with Gasteiger partial charge in [-0.25, -0.2) is 4.79 Å². The number of anilines is 2. The third-order valence-electron chi connectivity index (χ3n) is 4.58. The Labute approximate surface area is 237 Å². The number of nitrogens with one attached hydrogen (secondary N) is 2. The van der Waals surface area contributed by atoms with Gasteiger partial charge in [0.25, 0.3) is 10.1 Å². The van der Waals surface area contributed by atoms with Crippen LogP contribution in [0.2, 0.25) is 0 Å². The molecule has 13 heteroatoms. The second kappa shape index (κ2) is 12.6. The van der Waals surface area contributed by atoms with Crippen molar-refractivity contribution in [2.45, 2.75) is 17.9 Å². The largest absolute Gasteiger partial charge is 0.478 e. The molecule has 0 spiro atoms. The standard InChI is InChI=1S/C14H16N2O4S.C7H4I3NO2/c1-9(17)12(15)8-16-13-6-2-5-11-10(13)4-3-7-14(11)21(18,19)20;8-4-1-3(7(12)13)2-5(9)6(4)11-10/h2-7,12,16H,8,15H2,1H3,(H,18,19,20);1-2,11H,(H,12,13). The van der Waals surface area contributed by atoms with Gasteiger partial charge in [-0.1, -0.05) is 24.3 Å². The molecule has 34 heavy (non-hydrogen) atoms. The van der Waals surface area contributed by atoms with Crippen LogP contribution in [-0.4, -0.2) is 42.4 Å². The van der Waals surface area contributed by atoms with E-state index in [2.05, 4.69) is 54.0 Å². The van der Waals surface area contributed by atoms with Gasteiger partial charge >= 0.3 is 5.97 Å². The molecule has 9 nitrogen and oxygen atoms in total. The first-order valence-electron chi connectivity index (χ1n) is 9.45. The highest BCUT2D eigenvalue weighted by atomic mass is 127. The van der Waals surface area contributed by atoms with E-state index in [1.54, 1.807) is 42.5 Å². The molecule has 0 saturated heterocycles. The molecule has 0 fully saturated rings. The van der Waals surface area contributed by atoms with E-state index in [1.165, 1.54) is 13.0 Å². The highest BCUT2D eigenvalue weighted by Crippen LogP contribution is 2.29. The van der Waals surface area contributed by atoms with Gasteiger partial charge in [-0.3, -0.25) is 9.35 Å². The van der Waals surface area contributed by atoms with Crippen molar-refractivity contribution in [2.75, 3.05) is 15.4 Å². The van der Waals surface area contributed by atoms with Crippen LogP contribution in [0.3, 0.4) is 0 Å². The van der Waals surface area contributed by atoms with Crippen molar-refractivity contribution in [2.24, 2.45) is 5.73 Å². The summed E-state index contributed by atoms with van der Waals surface area (Å²) < 4.78 is 36.8. The summed E-state index contributed by atoms with van der Waals surface area (Å²) in [4.78, 5) is 21.7. The summed E-state index contributed by atoms with van der Waals surface area (Å²) in [6.07, 6.45) is 0. The maximum absolute atomic E-state index is 11.4. The molecule has 0 heterocycles. The number of hydrogen-bond acceptors (Lipinski definition) is 7. The van der Waals surface area contributed by atoms with Gasteiger partial charge in [-0.2, -0.15) is 8.42 Å². The van der Waals surface area contributed by atoms with Crippen LogP contribution >= 0.6 is 68.0 Å². The maximum atomic E-state index is 11.4. The van der Waals surface area contributed by atoms with E-state index in [-0.39, 0.29) is 17.2 Å². The Kier molecular flexibility index (Phi) is 10.7. The second-order valence-electron chi connectivity index (χ2n) is 6.94. The number of carboxylic acid groups (broad SMARTS) is 1. The van der Waals surface area contributed by atoms with Gasteiger partial charge in [0.1, 0.15) is 10.7 Å². The third kappa shape index (κ3) is 7.61. The van der Waals surface area contributed by atoms with Gasteiger partial charge in [0.2, 0.25) is 0 Å². The number of carbonyl (C=O) groups is 2. The molecular formula is C21H20I3N3O6S. The molecule has 0 aliphatic heterocycles. The molecule has 0 amide bonds.